The lowest BCUT2D eigenvalue weighted by Gasteiger charge is -2.34. The SMILES string of the molecule is CCN(CC)C(=O)c1cnc([C@@H]2CCCCN2C(=O)COc2ccccc2)nc1C. The molecule has 1 aromatic heterocycles. The molecule has 2 heterocycles. The molecule has 0 aliphatic carbocycles. The average molecular weight is 411 g/mol. The van der Waals surface area contributed by atoms with Crippen molar-refractivity contribution in [2.75, 3.05) is 26.2 Å². The first-order valence-corrected chi connectivity index (χ1v) is 10.6. The summed E-state index contributed by atoms with van der Waals surface area (Å²) in [5.41, 5.74) is 1.17. The van der Waals surface area contributed by atoms with Crippen LogP contribution in [-0.2, 0) is 4.79 Å². The van der Waals surface area contributed by atoms with Gasteiger partial charge in [-0.15, -0.1) is 0 Å². The summed E-state index contributed by atoms with van der Waals surface area (Å²) in [6.45, 7) is 7.66. The molecule has 1 aliphatic rings. The summed E-state index contributed by atoms with van der Waals surface area (Å²) in [4.78, 5) is 38.2. The average Bonchev–Trinajstić information content (AvgIpc) is 2.78. The minimum Gasteiger partial charge on any atom is -0.484 e. The summed E-state index contributed by atoms with van der Waals surface area (Å²) in [5, 5.41) is 0. The van der Waals surface area contributed by atoms with Gasteiger partial charge in [0.1, 0.15) is 5.75 Å². The molecule has 7 heteroatoms. The van der Waals surface area contributed by atoms with Crippen LogP contribution >= 0.6 is 0 Å². The molecule has 2 amide bonds. The molecule has 0 unspecified atom stereocenters. The van der Waals surface area contributed by atoms with Crippen LogP contribution in [0.4, 0.5) is 0 Å². The van der Waals surface area contributed by atoms with Crippen LogP contribution in [0.25, 0.3) is 0 Å². The molecule has 0 N–H and O–H groups in total. The first kappa shape index (κ1) is 21.7. The van der Waals surface area contributed by atoms with Gasteiger partial charge < -0.3 is 14.5 Å². The van der Waals surface area contributed by atoms with Gasteiger partial charge >= 0.3 is 0 Å². The lowest BCUT2D eigenvalue weighted by atomic mass is 10.0. The highest BCUT2D eigenvalue weighted by atomic mass is 16.5. The zero-order valence-electron chi connectivity index (χ0n) is 18.0. The number of para-hydroxylation sites is 1. The first-order valence-electron chi connectivity index (χ1n) is 10.6. The summed E-state index contributed by atoms with van der Waals surface area (Å²) in [5.74, 6) is 1.13. The van der Waals surface area contributed by atoms with Crippen LogP contribution in [0.2, 0.25) is 0 Å². The normalized spacial score (nSPS) is 16.2. The van der Waals surface area contributed by atoms with Crippen LogP contribution < -0.4 is 4.74 Å². The molecular weight excluding hydrogens is 380 g/mol. The molecule has 0 spiro atoms. The summed E-state index contributed by atoms with van der Waals surface area (Å²) in [6, 6.07) is 9.13. The monoisotopic (exact) mass is 410 g/mol. The molecule has 160 valence electrons. The number of ether oxygens (including phenoxy) is 1. The third kappa shape index (κ3) is 4.96. The number of amides is 2. The zero-order chi connectivity index (χ0) is 21.5. The van der Waals surface area contributed by atoms with Crippen LogP contribution in [0.5, 0.6) is 5.75 Å². The number of carbonyl (C=O) groups is 2. The third-order valence-electron chi connectivity index (χ3n) is 5.51. The Bertz CT molecular complexity index is 868. The molecule has 2 aromatic rings. The summed E-state index contributed by atoms with van der Waals surface area (Å²) < 4.78 is 5.65. The van der Waals surface area contributed by atoms with Crippen LogP contribution in [0.15, 0.2) is 36.5 Å². The fourth-order valence-corrected chi connectivity index (χ4v) is 3.78. The van der Waals surface area contributed by atoms with Crippen molar-refractivity contribution in [1.82, 2.24) is 19.8 Å². The lowest BCUT2D eigenvalue weighted by molar-refractivity contribution is -0.137. The van der Waals surface area contributed by atoms with E-state index >= 15 is 0 Å². The number of aryl methyl sites for hydroxylation is 1. The number of aromatic nitrogens is 2. The number of benzene rings is 1. The molecule has 0 bridgehead atoms. The van der Waals surface area contributed by atoms with E-state index in [1.807, 2.05) is 56.0 Å². The Kier molecular flexibility index (Phi) is 7.38. The molecule has 0 saturated carbocycles. The summed E-state index contributed by atoms with van der Waals surface area (Å²) in [7, 11) is 0. The molecule has 1 atom stereocenters. The molecule has 30 heavy (non-hydrogen) atoms. The van der Waals surface area contributed by atoms with E-state index in [-0.39, 0.29) is 24.5 Å². The van der Waals surface area contributed by atoms with Gasteiger partial charge in [0, 0.05) is 25.8 Å². The predicted molar refractivity (Wildman–Crippen MR) is 114 cm³/mol. The summed E-state index contributed by atoms with van der Waals surface area (Å²) in [6.07, 6.45) is 4.37. The molecule has 1 saturated heterocycles. The smallest absolute Gasteiger partial charge is 0.261 e. The van der Waals surface area contributed by atoms with Crippen molar-refractivity contribution in [3.63, 3.8) is 0 Å². The Morgan fingerprint density at radius 3 is 2.57 bits per heavy atom. The van der Waals surface area contributed by atoms with E-state index in [0.29, 0.717) is 42.5 Å². The summed E-state index contributed by atoms with van der Waals surface area (Å²) >= 11 is 0. The fourth-order valence-electron chi connectivity index (χ4n) is 3.78. The van der Waals surface area contributed by atoms with Gasteiger partial charge in [0.15, 0.2) is 12.4 Å². The minimum absolute atomic E-state index is 0.0158. The molecular formula is C23H30N4O3. The quantitative estimate of drug-likeness (QED) is 0.699. The molecule has 1 fully saturated rings. The van der Waals surface area contributed by atoms with Crippen molar-refractivity contribution in [2.24, 2.45) is 0 Å². The zero-order valence-corrected chi connectivity index (χ0v) is 18.0. The highest BCUT2D eigenvalue weighted by Crippen LogP contribution is 2.29. The van der Waals surface area contributed by atoms with Crippen molar-refractivity contribution >= 4 is 11.8 Å². The van der Waals surface area contributed by atoms with Crippen LogP contribution in [0.1, 0.15) is 61.0 Å². The van der Waals surface area contributed by atoms with E-state index in [4.69, 9.17) is 4.74 Å². The molecule has 1 aliphatic heterocycles. The van der Waals surface area contributed by atoms with Gasteiger partial charge in [-0.1, -0.05) is 18.2 Å². The Labute approximate surface area is 178 Å². The second kappa shape index (κ2) is 10.2. The molecule has 7 nitrogen and oxygen atoms in total. The Hall–Kier alpha value is -2.96. The Balaban J connectivity index is 1.74. The Morgan fingerprint density at radius 1 is 1.17 bits per heavy atom. The van der Waals surface area contributed by atoms with Gasteiger partial charge in [0.05, 0.1) is 17.3 Å². The fraction of sp³-hybridized carbons (Fsp3) is 0.478. The van der Waals surface area contributed by atoms with Gasteiger partial charge in [-0.25, -0.2) is 9.97 Å². The number of likely N-dealkylation sites (tertiary alicyclic amines) is 1. The maximum atomic E-state index is 12.9. The van der Waals surface area contributed by atoms with Crippen molar-refractivity contribution in [2.45, 2.75) is 46.1 Å². The van der Waals surface area contributed by atoms with Crippen LogP contribution in [0.3, 0.4) is 0 Å². The molecule has 3 rings (SSSR count). The maximum Gasteiger partial charge on any atom is 0.261 e. The van der Waals surface area contributed by atoms with E-state index in [2.05, 4.69) is 9.97 Å². The minimum atomic E-state index is -0.193. The third-order valence-corrected chi connectivity index (χ3v) is 5.51. The van der Waals surface area contributed by atoms with Crippen molar-refractivity contribution in [3.05, 3.63) is 53.6 Å². The van der Waals surface area contributed by atoms with E-state index in [0.717, 1.165) is 19.3 Å². The lowest BCUT2D eigenvalue weighted by Crippen LogP contribution is -2.42. The second-order valence-corrected chi connectivity index (χ2v) is 7.41. The van der Waals surface area contributed by atoms with Gasteiger partial charge in [0.25, 0.3) is 11.8 Å². The van der Waals surface area contributed by atoms with Crippen molar-refractivity contribution < 1.29 is 14.3 Å². The van der Waals surface area contributed by atoms with Gasteiger partial charge in [-0.05, 0) is 52.2 Å². The largest absolute Gasteiger partial charge is 0.484 e. The van der Waals surface area contributed by atoms with E-state index in [1.165, 1.54) is 0 Å². The first-order chi connectivity index (χ1) is 14.5. The van der Waals surface area contributed by atoms with E-state index in [9.17, 15) is 9.59 Å². The number of hydrogen-bond acceptors (Lipinski definition) is 5. The molecule has 1 aromatic carbocycles. The molecule has 0 radical (unpaired) electrons. The number of carbonyl (C=O) groups excluding carboxylic acids is 2. The van der Waals surface area contributed by atoms with Crippen molar-refractivity contribution in [3.8, 4) is 5.75 Å². The number of nitrogens with zero attached hydrogens (tertiary/aromatic N) is 4. The van der Waals surface area contributed by atoms with Crippen LogP contribution in [-0.4, -0.2) is 57.8 Å². The standard InChI is InChI=1S/C23H30N4O3/c1-4-26(5-2)23(29)19-15-24-22(25-17(19)3)20-13-9-10-14-27(20)21(28)16-30-18-11-7-6-8-12-18/h6-8,11-12,15,20H,4-5,9-10,13-14,16H2,1-3H3/t20-/m0/s1. The van der Waals surface area contributed by atoms with Gasteiger partial charge in [-0.2, -0.15) is 0 Å². The number of piperidine rings is 1. The second-order valence-electron chi connectivity index (χ2n) is 7.41. The maximum absolute atomic E-state index is 12.9. The highest BCUT2D eigenvalue weighted by Gasteiger charge is 2.31. The van der Waals surface area contributed by atoms with Gasteiger partial charge in [0.2, 0.25) is 0 Å². The van der Waals surface area contributed by atoms with Crippen LogP contribution in [0, 0.1) is 6.92 Å². The topological polar surface area (TPSA) is 75.6 Å². The van der Waals surface area contributed by atoms with E-state index < -0.39 is 0 Å². The number of rotatable bonds is 7. The highest BCUT2D eigenvalue weighted by molar-refractivity contribution is 5.94. The van der Waals surface area contributed by atoms with E-state index in [1.54, 1.807) is 11.1 Å². The Morgan fingerprint density at radius 2 is 1.90 bits per heavy atom. The van der Waals surface area contributed by atoms with Crippen molar-refractivity contribution in [1.29, 1.82) is 0 Å². The predicted octanol–water partition coefficient (Wildman–Crippen LogP) is 3.40. The van der Waals surface area contributed by atoms with Gasteiger partial charge in [-0.3, -0.25) is 9.59 Å². The number of hydrogen-bond donors (Lipinski definition) is 0.